The number of aromatic nitrogens is 1. The summed E-state index contributed by atoms with van der Waals surface area (Å²) in [6, 6.07) is 4.45. The summed E-state index contributed by atoms with van der Waals surface area (Å²) >= 11 is 0. The Morgan fingerprint density at radius 3 is 2.63 bits per heavy atom. The van der Waals surface area contributed by atoms with Crippen LogP contribution < -0.4 is 10.2 Å². The maximum Gasteiger partial charge on any atom is 0.0572 e. The molecule has 0 saturated carbocycles. The second-order valence-corrected chi connectivity index (χ2v) is 5.18. The van der Waals surface area contributed by atoms with Crippen molar-refractivity contribution in [1.29, 1.82) is 0 Å². The standard InChI is InChI=1S/C15H27N3O/c1-5-9-16-13(3)15-7-6-14(11-17-15)18(4)10-8-12(2)19/h6-7,11-13,16,19H,5,8-10H2,1-4H3. The highest BCUT2D eigenvalue weighted by molar-refractivity contribution is 5.43. The van der Waals surface area contributed by atoms with Crippen LogP contribution in [0.15, 0.2) is 18.3 Å². The maximum atomic E-state index is 9.30. The quantitative estimate of drug-likeness (QED) is 0.757. The van der Waals surface area contributed by atoms with Crippen molar-refractivity contribution in [2.75, 3.05) is 25.0 Å². The molecule has 1 rings (SSSR count). The van der Waals surface area contributed by atoms with E-state index < -0.39 is 0 Å². The van der Waals surface area contributed by atoms with Crippen molar-refractivity contribution < 1.29 is 5.11 Å². The predicted octanol–water partition coefficient (Wildman–Crippen LogP) is 2.35. The monoisotopic (exact) mass is 265 g/mol. The van der Waals surface area contributed by atoms with Gasteiger partial charge in [0.15, 0.2) is 0 Å². The van der Waals surface area contributed by atoms with Gasteiger partial charge in [-0.05, 0) is 45.4 Å². The van der Waals surface area contributed by atoms with E-state index in [2.05, 4.69) is 41.2 Å². The highest BCUT2D eigenvalue weighted by Gasteiger charge is 2.07. The van der Waals surface area contributed by atoms with Crippen LogP contribution >= 0.6 is 0 Å². The van der Waals surface area contributed by atoms with Crippen LogP contribution in [0, 0.1) is 0 Å². The minimum absolute atomic E-state index is 0.257. The minimum Gasteiger partial charge on any atom is -0.393 e. The highest BCUT2D eigenvalue weighted by atomic mass is 16.3. The third kappa shape index (κ3) is 5.57. The smallest absolute Gasteiger partial charge is 0.0572 e. The van der Waals surface area contributed by atoms with Crippen molar-refractivity contribution in [3.8, 4) is 0 Å². The van der Waals surface area contributed by atoms with Gasteiger partial charge in [-0.15, -0.1) is 0 Å². The first-order valence-electron chi connectivity index (χ1n) is 7.13. The number of aliphatic hydroxyl groups excluding tert-OH is 1. The lowest BCUT2D eigenvalue weighted by molar-refractivity contribution is 0.187. The zero-order valence-electron chi connectivity index (χ0n) is 12.6. The summed E-state index contributed by atoms with van der Waals surface area (Å²) in [6.07, 6.45) is 3.55. The molecule has 0 radical (unpaired) electrons. The lowest BCUT2D eigenvalue weighted by Crippen LogP contribution is -2.23. The summed E-state index contributed by atoms with van der Waals surface area (Å²) in [5.74, 6) is 0. The second-order valence-electron chi connectivity index (χ2n) is 5.18. The average Bonchev–Trinajstić information content (AvgIpc) is 2.42. The summed E-state index contributed by atoms with van der Waals surface area (Å²) in [7, 11) is 2.03. The van der Waals surface area contributed by atoms with E-state index >= 15 is 0 Å². The number of pyridine rings is 1. The number of aliphatic hydroxyl groups is 1. The van der Waals surface area contributed by atoms with E-state index in [1.165, 1.54) is 0 Å². The normalized spacial score (nSPS) is 14.2. The van der Waals surface area contributed by atoms with Gasteiger partial charge in [0.1, 0.15) is 0 Å². The predicted molar refractivity (Wildman–Crippen MR) is 80.5 cm³/mol. The molecule has 0 saturated heterocycles. The van der Waals surface area contributed by atoms with Crippen molar-refractivity contribution in [2.45, 2.75) is 45.8 Å². The molecule has 1 aromatic rings. The van der Waals surface area contributed by atoms with Crippen molar-refractivity contribution in [2.24, 2.45) is 0 Å². The molecule has 0 aliphatic rings. The lowest BCUT2D eigenvalue weighted by Gasteiger charge is -2.20. The van der Waals surface area contributed by atoms with Gasteiger partial charge in [0.25, 0.3) is 0 Å². The third-order valence-electron chi connectivity index (χ3n) is 3.24. The van der Waals surface area contributed by atoms with E-state index in [0.29, 0.717) is 0 Å². The fourth-order valence-corrected chi connectivity index (χ4v) is 1.85. The van der Waals surface area contributed by atoms with Crippen LogP contribution in [-0.4, -0.2) is 36.3 Å². The van der Waals surface area contributed by atoms with Crippen molar-refractivity contribution in [3.05, 3.63) is 24.0 Å². The Morgan fingerprint density at radius 2 is 2.11 bits per heavy atom. The molecule has 0 spiro atoms. The van der Waals surface area contributed by atoms with Gasteiger partial charge in [-0.3, -0.25) is 4.98 Å². The van der Waals surface area contributed by atoms with E-state index in [4.69, 9.17) is 0 Å². The van der Waals surface area contributed by atoms with Gasteiger partial charge in [-0.25, -0.2) is 0 Å². The van der Waals surface area contributed by atoms with E-state index in [1.807, 2.05) is 20.2 Å². The molecule has 0 amide bonds. The molecular formula is C15H27N3O. The number of rotatable bonds is 8. The van der Waals surface area contributed by atoms with E-state index in [0.717, 1.165) is 37.3 Å². The van der Waals surface area contributed by atoms with Crippen LogP contribution in [0.1, 0.15) is 45.3 Å². The van der Waals surface area contributed by atoms with Crippen LogP contribution in [0.2, 0.25) is 0 Å². The van der Waals surface area contributed by atoms with Gasteiger partial charge in [-0.1, -0.05) is 6.92 Å². The van der Waals surface area contributed by atoms with E-state index in [9.17, 15) is 5.11 Å². The molecular weight excluding hydrogens is 238 g/mol. The molecule has 2 N–H and O–H groups in total. The Kier molecular flexibility index (Phi) is 6.81. The summed E-state index contributed by atoms with van der Waals surface area (Å²) in [6.45, 7) is 7.96. The van der Waals surface area contributed by atoms with Gasteiger partial charge < -0.3 is 15.3 Å². The zero-order chi connectivity index (χ0) is 14.3. The summed E-state index contributed by atoms with van der Waals surface area (Å²) in [5.41, 5.74) is 2.16. The molecule has 19 heavy (non-hydrogen) atoms. The largest absolute Gasteiger partial charge is 0.393 e. The Morgan fingerprint density at radius 1 is 1.37 bits per heavy atom. The van der Waals surface area contributed by atoms with Crippen LogP contribution in [-0.2, 0) is 0 Å². The molecule has 2 atom stereocenters. The lowest BCUT2D eigenvalue weighted by atomic mass is 10.2. The van der Waals surface area contributed by atoms with Gasteiger partial charge in [0.05, 0.1) is 23.7 Å². The molecule has 2 unspecified atom stereocenters. The molecule has 0 bridgehead atoms. The summed E-state index contributed by atoms with van der Waals surface area (Å²) in [4.78, 5) is 6.63. The zero-order valence-corrected chi connectivity index (χ0v) is 12.6. The molecule has 0 aromatic carbocycles. The molecule has 4 heteroatoms. The Bertz CT molecular complexity index is 351. The second kappa shape index (κ2) is 8.12. The first-order valence-corrected chi connectivity index (χ1v) is 7.13. The van der Waals surface area contributed by atoms with Gasteiger partial charge >= 0.3 is 0 Å². The molecule has 1 aromatic heterocycles. The van der Waals surface area contributed by atoms with Crippen LogP contribution in [0.25, 0.3) is 0 Å². The highest BCUT2D eigenvalue weighted by Crippen LogP contribution is 2.15. The van der Waals surface area contributed by atoms with Gasteiger partial charge in [-0.2, -0.15) is 0 Å². The van der Waals surface area contributed by atoms with Gasteiger partial charge in [0, 0.05) is 19.6 Å². The molecule has 0 aliphatic heterocycles. The molecule has 108 valence electrons. The summed E-state index contributed by atoms with van der Waals surface area (Å²) in [5, 5.41) is 12.7. The maximum absolute atomic E-state index is 9.30. The van der Waals surface area contributed by atoms with E-state index in [1.54, 1.807) is 0 Å². The fraction of sp³-hybridized carbons (Fsp3) is 0.667. The molecule has 0 fully saturated rings. The van der Waals surface area contributed by atoms with Crippen LogP contribution in [0.4, 0.5) is 5.69 Å². The van der Waals surface area contributed by atoms with Crippen molar-refractivity contribution in [1.82, 2.24) is 10.3 Å². The van der Waals surface area contributed by atoms with Crippen LogP contribution in [0.3, 0.4) is 0 Å². The number of hydrogen-bond acceptors (Lipinski definition) is 4. The number of nitrogens with zero attached hydrogens (tertiary/aromatic N) is 2. The number of nitrogens with one attached hydrogen (secondary N) is 1. The first kappa shape index (κ1) is 15.9. The molecule has 4 nitrogen and oxygen atoms in total. The average molecular weight is 265 g/mol. The topological polar surface area (TPSA) is 48.4 Å². The molecule has 0 aliphatic carbocycles. The van der Waals surface area contributed by atoms with Gasteiger partial charge in [0.2, 0.25) is 0 Å². The third-order valence-corrected chi connectivity index (χ3v) is 3.24. The van der Waals surface area contributed by atoms with Crippen molar-refractivity contribution >= 4 is 5.69 Å². The Balaban J connectivity index is 2.55. The Labute approximate surface area is 116 Å². The van der Waals surface area contributed by atoms with E-state index in [-0.39, 0.29) is 12.1 Å². The minimum atomic E-state index is -0.257. The fourth-order valence-electron chi connectivity index (χ4n) is 1.85. The SMILES string of the molecule is CCCNC(C)c1ccc(N(C)CCC(C)O)cn1. The number of hydrogen-bond donors (Lipinski definition) is 2. The van der Waals surface area contributed by atoms with Crippen molar-refractivity contribution in [3.63, 3.8) is 0 Å². The number of anilines is 1. The summed E-state index contributed by atoms with van der Waals surface area (Å²) < 4.78 is 0. The first-order chi connectivity index (χ1) is 9.04. The molecule has 1 heterocycles. The Hall–Kier alpha value is -1.13. The van der Waals surface area contributed by atoms with Crippen LogP contribution in [0.5, 0.6) is 0 Å².